The van der Waals surface area contributed by atoms with E-state index in [1.54, 1.807) is 12.1 Å². The highest BCUT2D eigenvalue weighted by Gasteiger charge is 2.06. The van der Waals surface area contributed by atoms with Crippen molar-refractivity contribution in [2.75, 3.05) is 0 Å². The number of nitrogens with one attached hydrogen (secondary N) is 3. The van der Waals surface area contributed by atoms with Gasteiger partial charge in [0.2, 0.25) is 5.91 Å². The summed E-state index contributed by atoms with van der Waals surface area (Å²) >= 11 is 4.85. The zero-order chi connectivity index (χ0) is 17.8. The number of phenols is 1. The summed E-state index contributed by atoms with van der Waals surface area (Å²) in [7, 11) is 0. The van der Waals surface area contributed by atoms with E-state index in [0.29, 0.717) is 11.3 Å². The Morgan fingerprint density at radius 1 is 1.24 bits per heavy atom. The summed E-state index contributed by atoms with van der Waals surface area (Å²) < 4.78 is 0.152. The Bertz CT molecular complexity index is 1060. The van der Waals surface area contributed by atoms with Crippen LogP contribution in [0.15, 0.2) is 52.4 Å². The highest BCUT2D eigenvalue weighted by atomic mass is 32.1. The van der Waals surface area contributed by atoms with Crippen molar-refractivity contribution in [3.8, 4) is 5.75 Å². The molecular weight excluding hydrogens is 340 g/mol. The third-order valence-electron chi connectivity index (χ3n) is 3.50. The second-order valence-electron chi connectivity index (χ2n) is 5.30. The summed E-state index contributed by atoms with van der Waals surface area (Å²) in [6, 6.07) is 12.2. The van der Waals surface area contributed by atoms with E-state index in [-0.39, 0.29) is 22.5 Å². The summed E-state index contributed by atoms with van der Waals surface area (Å²) in [5, 5.41) is 15.7. The largest absolute Gasteiger partial charge is 0.507 e. The minimum absolute atomic E-state index is 0.0652. The molecule has 3 aromatic rings. The summed E-state index contributed by atoms with van der Waals surface area (Å²) in [6.45, 7) is 0. The maximum atomic E-state index is 11.9. The fourth-order valence-corrected chi connectivity index (χ4v) is 2.65. The van der Waals surface area contributed by atoms with E-state index in [1.807, 2.05) is 24.3 Å². The van der Waals surface area contributed by atoms with E-state index < -0.39 is 5.91 Å². The van der Waals surface area contributed by atoms with Crippen LogP contribution >= 0.6 is 12.2 Å². The van der Waals surface area contributed by atoms with Crippen LogP contribution in [0.2, 0.25) is 0 Å². The van der Waals surface area contributed by atoms with Crippen LogP contribution in [0.25, 0.3) is 10.8 Å². The number of H-pyrrole nitrogens is 2. The first-order valence-corrected chi connectivity index (χ1v) is 7.79. The van der Waals surface area contributed by atoms with Gasteiger partial charge in [0.25, 0.3) is 5.56 Å². The molecule has 4 N–H and O–H groups in total. The van der Waals surface area contributed by atoms with E-state index in [9.17, 15) is 14.7 Å². The van der Waals surface area contributed by atoms with Gasteiger partial charge in [0.15, 0.2) is 4.77 Å². The molecule has 0 radical (unpaired) electrons. The Balaban J connectivity index is 1.75. The van der Waals surface area contributed by atoms with Crippen molar-refractivity contribution in [3.05, 3.63) is 68.8 Å². The van der Waals surface area contributed by atoms with E-state index >= 15 is 0 Å². The van der Waals surface area contributed by atoms with Gasteiger partial charge < -0.3 is 10.1 Å². The van der Waals surface area contributed by atoms with E-state index in [0.717, 1.165) is 10.8 Å². The lowest BCUT2D eigenvalue weighted by Crippen LogP contribution is -2.21. The quantitative estimate of drug-likeness (QED) is 0.326. The third kappa shape index (κ3) is 3.99. The molecule has 0 fully saturated rings. The number of carbonyl (C=O) groups excluding carboxylic acids is 1. The Kier molecular flexibility index (Phi) is 4.71. The normalized spacial score (nSPS) is 11.0. The maximum absolute atomic E-state index is 11.9. The average Bonchev–Trinajstić information content (AvgIpc) is 2.56. The summed E-state index contributed by atoms with van der Waals surface area (Å²) in [5.41, 5.74) is 2.88. The zero-order valence-corrected chi connectivity index (χ0v) is 13.8. The minimum Gasteiger partial charge on any atom is -0.507 e. The first-order chi connectivity index (χ1) is 12.0. The van der Waals surface area contributed by atoms with Gasteiger partial charge in [-0.05, 0) is 29.1 Å². The zero-order valence-electron chi connectivity index (χ0n) is 12.9. The molecule has 126 valence electrons. The number of aromatic nitrogens is 2. The van der Waals surface area contributed by atoms with Crippen LogP contribution < -0.4 is 11.0 Å². The second kappa shape index (κ2) is 7.10. The molecule has 0 unspecified atom stereocenters. The van der Waals surface area contributed by atoms with Crippen molar-refractivity contribution in [1.29, 1.82) is 0 Å². The van der Waals surface area contributed by atoms with Gasteiger partial charge in [-0.3, -0.25) is 14.6 Å². The molecule has 0 aliphatic carbocycles. The summed E-state index contributed by atoms with van der Waals surface area (Å²) in [5.74, 6) is -0.359. The first-order valence-electron chi connectivity index (χ1n) is 7.38. The van der Waals surface area contributed by atoms with Gasteiger partial charge in [0.1, 0.15) is 5.75 Å². The fraction of sp³-hybridized carbons (Fsp3) is 0.0588. The predicted molar refractivity (Wildman–Crippen MR) is 97.3 cm³/mol. The van der Waals surface area contributed by atoms with Crippen molar-refractivity contribution in [3.63, 3.8) is 0 Å². The Labute approximate surface area is 147 Å². The topological polar surface area (TPSA) is 110 Å². The molecule has 1 amide bonds. The van der Waals surface area contributed by atoms with Crippen LogP contribution in [0.5, 0.6) is 5.75 Å². The number of nitrogens with zero attached hydrogens (tertiary/aromatic N) is 1. The molecule has 0 spiro atoms. The van der Waals surface area contributed by atoms with E-state index in [4.69, 9.17) is 12.2 Å². The lowest BCUT2D eigenvalue weighted by Gasteiger charge is -2.05. The number of aromatic amines is 2. The monoisotopic (exact) mass is 354 g/mol. The van der Waals surface area contributed by atoms with Gasteiger partial charge in [0.05, 0.1) is 12.6 Å². The van der Waals surface area contributed by atoms with Crippen molar-refractivity contribution >= 4 is 35.1 Å². The molecule has 0 aliphatic rings. The van der Waals surface area contributed by atoms with Crippen LogP contribution in [0.3, 0.4) is 0 Å². The minimum atomic E-state index is -0.424. The Morgan fingerprint density at radius 3 is 2.84 bits per heavy atom. The molecule has 1 aromatic heterocycles. The van der Waals surface area contributed by atoms with Crippen molar-refractivity contribution < 1.29 is 9.90 Å². The number of phenolic OH excluding ortho intramolecular Hbond substituents is 1. The van der Waals surface area contributed by atoms with Gasteiger partial charge in [-0.2, -0.15) is 5.10 Å². The molecule has 0 bridgehead atoms. The molecular formula is C17H14N4O3S. The van der Waals surface area contributed by atoms with Crippen LogP contribution in [0, 0.1) is 4.77 Å². The number of amides is 1. The van der Waals surface area contributed by atoms with Crippen LogP contribution in [0.4, 0.5) is 0 Å². The van der Waals surface area contributed by atoms with Gasteiger partial charge >= 0.3 is 0 Å². The molecule has 0 atom stereocenters. The number of hydrogen-bond acceptors (Lipinski definition) is 5. The number of fused-ring (bicyclic) bond motifs is 1. The molecule has 7 nitrogen and oxygen atoms in total. The van der Waals surface area contributed by atoms with Crippen LogP contribution in [-0.2, 0) is 11.2 Å². The number of carbonyl (C=O) groups is 1. The Morgan fingerprint density at radius 2 is 2.04 bits per heavy atom. The highest BCUT2D eigenvalue weighted by Crippen LogP contribution is 2.25. The lowest BCUT2D eigenvalue weighted by atomic mass is 10.0. The van der Waals surface area contributed by atoms with Crippen LogP contribution in [0.1, 0.15) is 11.3 Å². The fourth-order valence-electron chi connectivity index (χ4n) is 2.42. The van der Waals surface area contributed by atoms with Crippen molar-refractivity contribution in [1.82, 2.24) is 15.4 Å². The van der Waals surface area contributed by atoms with E-state index in [2.05, 4.69) is 20.5 Å². The van der Waals surface area contributed by atoms with Gasteiger partial charge in [-0.1, -0.05) is 30.3 Å². The van der Waals surface area contributed by atoms with Crippen molar-refractivity contribution in [2.24, 2.45) is 5.10 Å². The molecule has 1 heterocycles. The molecule has 0 aliphatic heterocycles. The maximum Gasteiger partial charge on any atom is 0.251 e. The smallest absolute Gasteiger partial charge is 0.251 e. The molecule has 25 heavy (non-hydrogen) atoms. The van der Waals surface area contributed by atoms with Gasteiger partial charge in [-0.25, -0.2) is 5.43 Å². The van der Waals surface area contributed by atoms with Gasteiger partial charge in [-0.15, -0.1) is 0 Å². The summed E-state index contributed by atoms with van der Waals surface area (Å²) in [6.07, 6.45) is 1.31. The van der Waals surface area contributed by atoms with Crippen molar-refractivity contribution in [2.45, 2.75) is 6.42 Å². The molecule has 8 heteroatoms. The molecule has 2 aromatic carbocycles. The van der Waals surface area contributed by atoms with Crippen LogP contribution in [-0.4, -0.2) is 27.2 Å². The molecule has 0 saturated carbocycles. The Hall–Kier alpha value is -3.26. The van der Waals surface area contributed by atoms with Gasteiger partial charge in [0, 0.05) is 17.3 Å². The molecule has 3 rings (SSSR count). The number of rotatable bonds is 4. The number of hydrazone groups is 1. The van der Waals surface area contributed by atoms with E-state index in [1.165, 1.54) is 12.3 Å². The highest BCUT2D eigenvalue weighted by molar-refractivity contribution is 7.71. The second-order valence-corrected chi connectivity index (χ2v) is 5.71. The molecule has 0 saturated heterocycles. The standard InChI is InChI=1S/C17H14N4O3S/c22-14-6-5-10-3-1-2-4-12(10)13(14)9-18-21-16(24)8-11-7-15(23)20-17(25)19-11/h1-7,9,22H,8H2,(H,21,24)(H2,19,20,23,25)/b18-9+. The lowest BCUT2D eigenvalue weighted by molar-refractivity contribution is -0.120. The number of hydrogen-bond donors (Lipinski definition) is 4. The first kappa shape index (κ1) is 16.6. The summed E-state index contributed by atoms with van der Waals surface area (Å²) in [4.78, 5) is 28.4. The number of aromatic hydroxyl groups is 1. The predicted octanol–water partition coefficient (Wildman–Crippen LogP) is 1.98. The third-order valence-corrected chi connectivity index (χ3v) is 3.70. The SMILES string of the molecule is O=C(Cc1cc(=O)[nH]c(=S)[nH]1)N/N=C/c1c(O)ccc2ccccc12. The average molecular weight is 354 g/mol. The number of benzene rings is 2.